The van der Waals surface area contributed by atoms with E-state index in [0.29, 0.717) is 6.54 Å². The third-order valence-corrected chi connectivity index (χ3v) is 4.32. The maximum Gasteiger partial charge on any atom is 0.233 e. The summed E-state index contributed by atoms with van der Waals surface area (Å²) in [5, 5.41) is 11.9. The van der Waals surface area contributed by atoms with Crippen LogP contribution in [0.4, 0.5) is 0 Å². The maximum atomic E-state index is 12.3. The molecule has 0 saturated carbocycles. The molecule has 1 N–H and O–H groups in total. The summed E-state index contributed by atoms with van der Waals surface area (Å²) in [6.45, 7) is 10.5. The lowest BCUT2D eigenvalue weighted by Crippen LogP contribution is -2.44. The van der Waals surface area contributed by atoms with Crippen molar-refractivity contribution in [1.29, 1.82) is 0 Å². The van der Waals surface area contributed by atoms with E-state index in [1.54, 1.807) is 0 Å². The molecule has 0 aliphatic heterocycles. The van der Waals surface area contributed by atoms with Crippen LogP contribution in [-0.4, -0.2) is 31.5 Å². The van der Waals surface area contributed by atoms with Crippen LogP contribution in [0, 0.1) is 6.92 Å². The van der Waals surface area contributed by atoms with Gasteiger partial charge in [0.05, 0.1) is 11.8 Å². The number of nitrogens with zero attached hydrogens (tertiary/aromatic N) is 3. The van der Waals surface area contributed by atoms with E-state index < -0.39 is 0 Å². The molecule has 0 aliphatic carbocycles. The molecule has 1 amide bonds. The fourth-order valence-electron chi connectivity index (χ4n) is 2.08. The van der Waals surface area contributed by atoms with E-state index in [0.717, 1.165) is 11.0 Å². The standard InChI is InChI=1S/C17H24N4OS/c1-12(15(22)18-17(3,4)5)23-16-20-19-13(2)21(16)11-14-9-7-6-8-10-14/h6-10,12H,11H2,1-5H3,(H,18,22). The van der Waals surface area contributed by atoms with Crippen molar-refractivity contribution in [3.8, 4) is 0 Å². The molecule has 5 nitrogen and oxygen atoms in total. The minimum Gasteiger partial charge on any atom is -0.351 e. The van der Waals surface area contributed by atoms with Crippen molar-refractivity contribution in [2.24, 2.45) is 0 Å². The number of carbonyl (C=O) groups is 1. The molecule has 6 heteroatoms. The average molecular weight is 332 g/mol. The second-order valence-corrected chi connectivity index (χ2v) is 7.91. The first kappa shape index (κ1) is 17.5. The molecule has 1 aromatic carbocycles. The Balaban J connectivity index is 2.10. The number of hydrogen-bond acceptors (Lipinski definition) is 4. The number of carbonyl (C=O) groups excluding carboxylic acids is 1. The van der Waals surface area contributed by atoms with E-state index in [-0.39, 0.29) is 16.7 Å². The fourth-order valence-corrected chi connectivity index (χ4v) is 2.97. The van der Waals surface area contributed by atoms with Gasteiger partial charge in [-0.25, -0.2) is 0 Å². The maximum absolute atomic E-state index is 12.3. The highest BCUT2D eigenvalue weighted by molar-refractivity contribution is 8.00. The highest BCUT2D eigenvalue weighted by atomic mass is 32.2. The molecule has 1 aromatic heterocycles. The third-order valence-electron chi connectivity index (χ3n) is 3.23. The minimum absolute atomic E-state index is 0.00872. The topological polar surface area (TPSA) is 59.8 Å². The zero-order chi connectivity index (χ0) is 17.0. The van der Waals surface area contributed by atoms with Gasteiger partial charge in [0, 0.05) is 5.54 Å². The zero-order valence-electron chi connectivity index (χ0n) is 14.3. The molecule has 23 heavy (non-hydrogen) atoms. The summed E-state index contributed by atoms with van der Waals surface area (Å²) in [6, 6.07) is 10.2. The first-order valence-electron chi connectivity index (χ1n) is 7.68. The second-order valence-electron chi connectivity index (χ2n) is 6.60. The lowest BCUT2D eigenvalue weighted by molar-refractivity contribution is -0.121. The second kappa shape index (κ2) is 7.17. The molecular formula is C17H24N4OS. The number of thioether (sulfide) groups is 1. The van der Waals surface area contributed by atoms with Gasteiger partial charge >= 0.3 is 0 Å². The van der Waals surface area contributed by atoms with Crippen LogP contribution in [-0.2, 0) is 11.3 Å². The van der Waals surface area contributed by atoms with E-state index in [1.807, 2.05) is 57.4 Å². The molecule has 0 aliphatic rings. The first-order valence-corrected chi connectivity index (χ1v) is 8.56. The van der Waals surface area contributed by atoms with E-state index >= 15 is 0 Å². The van der Waals surface area contributed by atoms with Gasteiger partial charge in [-0.15, -0.1) is 10.2 Å². The number of benzene rings is 1. The smallest absolute Gasteiger partial charge is 0.233 e. The summed E-state index contributed by atoms with van der Waals surface area (Å²) in [4.78, 5) is 12.3. The molecule has 2 rings (SSSR count). The van der Waals surface area contributed by atoms with Gasteiger partial charge in [-0.1, -0.05) is 42.1 Å². The number of rotatable bonds is 5. The van der Waals surface area contributed by atoms with Gasteiger partial charge in [0.1, 0.15) is 5.82 Å². The Morgan fingerprint density at radius 2 is 1.91 bits per heavy atom. The van der Waals surface area contributed by atoms with Gasteiger partial charge in [-0.05, 0) is 40.2 Å². The van der Waals surface area contributed by atoms with Crippen LogP contribution < -0.4 is 5.32 Å². The predicted octanol–water partition coefficient (Wildman–Crippen LogP) is 3.03. The summed E-state index contributed by atoms with van der Waals surface area (Å²) in [6.07, 6.45) is 0. The van der Waals surface area contributed by atoms with Crippen LogP contribution in [0.25, 0.3) is 0 Å². The van der Waals surface area contributed by atoms with Crippen LogP contribution in [0.2, 0.25) is 0 Å². The summed E-state index contributed by atoms with van der Waals surface area (Å²) in [7, 11) is 0. The molecule has 2 aromatic rings. The van der Waals surface area contributed by atoms with Gasteiger partial charge in [0.15, 0.2) is 5.16 Å². The van der Waals surface area contributed by atoms with Crippen LogP contribution in [0.1, 0.15) is 39.1 Å². The lowest BCUT2D eigenvalue weighted by atomic mass is 10.1. The SMILES string of the molecule is Cc1nnc(SC(C)C(=O)NC(C)(C)C)n1Cc1ccccc1. The number of hydrogen-bond donors (Lipinski definition) is 1. The highest BCUT2D eigenvalue weighted by Crippen LogP contribution is 2.23. The molecule has 1 atom stereocenters. The van der Waals surface area contributed by atoms with Crippen molar-refractivity contribution >= 4 is 17.7 Å². The summed E-state index contributed by atoms with van der Waals surface area (Å²) in [5.41, 5.74) is 0.948. The number of aryl methyl sites for hydroxylation is 1. The Morgan fingerprint density at radius 3 is 2.52 bits per heavy atom. The zero-order valence-corrected chi connectivity index (χ0v) is 15.1. The largest absolute Gasteiger partial charge is 0.351 e. The van der Waals surface area contributed by atoms with Crippen molar-refractivity contribution in [3.05, 3.63) is 41.7 Å². The first-order chi connectivity index (χ1) is 10.8. The number of amides is 1. The van der Waals surface area contributed by atoms with Crippen molar-refractivity contribution < 1.29 is 4.79 Å². The molecular weight excluding hydrogens is 308 g/mol. The van der Waals surface area contributed by atoms with Crippen molar-refractivity contribution in [2.75, 3.05) is 0 Å². The van der Waals surface area contributed by atoms with E-state index in [2.05, 4.69) is 27.6 Å². The molecule has 0 bridgehead atoms. The van der Waals surface area contributed by atoms with Gasteiger partial charge < -0.3 is 9.88 Å². The third kappa shape index (κ3) is 5.10. The highest BCUT2D eigenvalue weighted by Gasteiger charge is 2.22. The molecule has 0 saturated heterocycles. The normalized spacial score (nSPS) is 12.9. The number of nitrogens with one attached hydrogen (secondary N) is 1. The van der Waals surface area contributed by atoms with E-state index in [1.165, 1.54) is 17.3 Å². The molecule has 0 spiro atoms. The lowest BCUT2D eigenvalue weighted by Gasteiger charge is -2.23. The quantitative estimate of drug-likeness (QED) is 0.855. The van der Waals surface area contributed by atoms with Crippen molar-refractivity contribution in [1.82, 2.24) is 20.1 Å². The summed E-state index contributed by atoms with van der Waals surface area (Å²) < 4.78 is 2.04. The van der Waals surface area contributed by atoms with Crippen molar-refractivity contribution in [3.63, 3.8) is 0 Å². The molecule has 124 valence electrons. The predicted molar refractivity (Wildman–Crippen MR) is 93.5 cm³/mol. The monoisotopic (exact) mass is 332 g/mol. The Kier molecular flexibility index (Phi) is 5.46. The van der Waals surface area contributed by atoms with Gasteiger partial charge in [0.2, 0.25) is 5.91 Å². The molecule has 0 fully saturated rings. The average Bonchev–Trinajstić information content (AvgIpc) is 2.79. The van der Waals surface area contributed by atoms with Crippen LogP contribution >= 0.6 is 11.8 Å². The van der Waals surface area contributed by atoms with Gasteiger partial charge in [-0.3, -0.25) is 4.79 Å². The fraction of sp³-hybridized carbons (Fsp3) is 0.471. The number of aromatic nitrogens is 3. The Hall–Kier alpha value is -1.82. The Morgan fingerprint density at radius 1 is 1.26 bits per heavy atom. The summed E-state index contributed by atoms with van der Waals surface area (Å²) >= 11 is 1.44. The van der Waals surface area contributed by atoms with Gasteiger partial charge in [-0.2, -0.15) is 0 Å². The van der Waals surface area contributed by atoms with E-state index in [9.17, 15) is 4.79 Å². The van der Waals surface area contributed by atoms with Crippen LogP contribution in [0.3, 0.4) is 0 Å². The van der Waals surface area contributed by atoms with E-state index in [4.69, 9.17) is 0 Å². The van der Waals surface area contributed by atoms with Crippen LogP contribution in [0.5, 0.6) is 0 Å². The molecule has 1 unspecified atom stereocenters. The van der Waals surface area contributed by atoms with Crippen LogP contribution in [0.15, 0.2) is 35.5 Å². The van der Waals surface area contributed by atoms with Crippen molar-refractivity contribution in [2.45, 2.75) is 57.1 Å². The molecule has 0 radical (unpaired) electrons. The Bertz CT molecular complexity index is 661. The minimum atomic E-state index is -0.237. The Labute approximate surface area is 141 Å². The summed E-state index contributed by atoms with van der Waals surface area (Å²) in [5.74, 6) is 0.856. The van der Waals surface area contributed by atoms with Gasteiger partial charge in [0.25, 0.3) is 0 Å². The molecule has 1 heterocycles.